The average molecular weight is 206 g/mol. The van der Waals surface area contributed by atoms with Gasteiger partial charge in [-0.2, -0.15) is 0 Å². The number of carbonyl (C=O) groups is 1. The average Bonchev–Trinajstić information content (AvgIpc) is 2.27. The number of benzene rings is 1. The maximum atomic E-state index is 11.5. The van der Waals surface area contributed by atoms with Gasteiger partial charge in [0.25, 0.3) is 0 Å². The molecule has 0 aliphatic heterocycles. The third-order valence-electron chi connectivity index (χ3n) is 2.85. The lowest BCUT2D eigenvalue weighted by molar-refractivity contribution is 0.0600. The number of hydrogen-bond donors (Lipinski definition) is 0. The van der Waals surface area contributed by atoms with E-state index in [0.717, 1.165) is 12.0 Å². The zero-order chi connectivity index (χ0) is 11.4. The second-order valence-corrected chi connectivity index (χ2v) is 3.88. The molecule has 0 aromatic heterocycles. The summed E-state index contributed by atoms with van der Waals surface area (Å²) in [7, 11) is 1.41. The molecule has 0 spiro atoms. The van der Waals surface area contributed by atoms with E-state index in [0.29, 0.717) is 11.5 Å². The first-order chi connectivity index (χ1) is 7.10. The SMILES string of the molecule is CCC(C)c1ccc(C)c(C(=O)OC)c1. The number of esters is 1. The Bertz CT molecular complexity index is 356. The van der Waals surface area contributed by atoms with Gasteiger partial charge < -0.3 is 4.74 Å². The third-order valence-corrected chi connectivity index (χ3v) is 2.85. The van der Waals surface area contributed by atoms with Crippen LogP contribution in [0, 0.1) is 6.92 Å². The smallest absolute Gasteiger partial charge is 0.338 e. The maximum absolute atomic E-state index is 11.5. The van der Waals surface area contributed by atoms with Crippen molar-refractivity contribution < 1.29 is 9.53 Å². The van der Waals surface area contributed by atoms with Crippen molar-refractivity contribution in [3.05, 3.63) is 34.9 Å². The van der Waals surface area contributed by atoms with Crippen molar-refractivity contribution in [1.29, 1.82) is 0 Å². The van der Waals surface area contributed by atoms with Gasteiger partial charge in [0.05, 0.1) is 12.7 Å². The number of aryl methyl sites for hydroxylation is 1. The summed E-state index contributed by atoms with van der Waals surface area (Å²) in [6.45, 7) is 6.22. The standard InChI is InChI=1S/C13H18O2/c1-5-9(2)11-7-6-10(3)12(8-11)13(14)15-4/h6-9H,5H2,1-4H3. The highest BCUT2D eigenvalue weighted by Gasteiger charge is 2.11. The van der Waals surface area contributed by atoms with E-state index in [9.17, 15) is 4.79 Å². The van der Waals surface area contributed by atoms with Gasteiger partial charge in [-0.3, -0.25) is 0 Å². The fraction of sp³-hybridized carbons (Fsp3) is 0.462. The Morgan fingerprint density at radius 2 is 2.13 bits per heavy atom. The molecule has 15 heavy (non-hydrogen) atoms. The van der Waals surface area contributed by atoms with Crippen LogP contribution in [0.5, 0.6) is 0 Å². The van der Waals surface area contributed by atoms with E-state index >= 15 is 0 Å². The first-order valence-corrected chi connectivity index (χ1v) is 5.29. The molecule has 0 radical (unpaired) electrons. The summed E-state index contributed by atoms with van der Waals surface area (Å²) in [5, 5.41) is 0. The molecule has 1 unspecified atom stereocenters. The fourth-order valence-electron chi connectivity index (χ4n) is 1.51. The Morgan fingerprint density at radius 3 is 2.67 bits per heavy atom. The Morgan fingerprint density at radius 1 is 1.47 bits per heavy atom. The summed E-state index contributed by atoms with van der Waals surface area (Å²) < 4.78 is 4.75. The molecule has 0 amide bonds. The predicted octanol–water partition coefficient (Wildman–Crippen LogP) is 3.30. The molecule has 0 aliphatic rings. The summed E-state index contributed by atoms with van der Waals surface area (Å²) in [6.07, 6.45) is 1.07. The minimum atomic E-state index is -0.252. The molecule has 1 aromatic carbocycles. The van der Waals surface area contributed by atoms with Gasteiger partial charge in [-0.25, -0.2) is 4.79 Å². The van der Waals surface area contributed by atoms with E-state index in [2.05, 4.69) is 19.9 Å². The minimum absolute atomic E-state index is 0.252. The van der Waals surface area contributed by atoms with E-state index < -0.39 is 0 Å². The topological polar surface area (TPSA) is 26.3 Å². The first kappa shape index (κ1) is 11.8. The van der Waals surface area contributed by atoms with Crippen LogP contribution in [-0.4, -0.2) is 13.1 Å². The number of ether oxygens (including phenoxy) is 1. The minimum Gasteiger partial charge on any atom is -0.465 e. The Kier molecular flexibility index (Phi) is 3.89. The van der Waals surface area contributed by atoms with Crippen LogP contribution in [-0.2, 0) is 4.74 Å². The lowest BCUT2D eigenvalue weighted by atomic mass is 9.95. The Balaban J connectivity index is 3.10. The van der Waals surface area contributed by atoms with Crippen molar-refractivity contribution in [3.63, 3.8) is 0 Å². The Labute approximate surface area is 91.3 Å². The predicted molar refractivity (Wildman–Crippen MR) is 61.2 cm³/mol. The summed E-state index contributed by atoms with van der Waals surface area (Å²) in [5.74, 6) is 0.228. The lowest BCUT2D eigenvalue weighted by Gasteiger charge is -2.11. The molecular weight excluding hydrogens is 188 g/mol. The van der Waals surface area contributed by atoms with Gasteiger partial charge in [-0.1, -0.05) is 26.0 Å². The third kappa shape index (κ3) is 2.58. The van der Waals surface area contributed by atoms with E-state index in [1.807, 2.05) is 19.1 Å². The maximum Gasteiger partial charge on any atom is 0.338 e. The quantitative estimate of drug-likeness (QED) is 0.709. The van der Waals surface area contributed by atoms with E-state index in [4.69, 9.17) is 4.74 Å². The monoisotopic (exact) mass is 206 g/mol. The molecule has 0 aliphatic carbocycles. The fourth-order valence-corrected chi connectivity index (χ4v) is 1.51. The van der Waals surface area contributed by atoms with Gasteiger partial charge >= 0.3 is 5.97 Å². The molecular formula is C13H18O2. The van der Waals surface area contributed by atoms with Gasteiger partial charge in [-0.05, 0) is 36.5 Å². The number of carbonyl (C=O) groups excluding carboxylic acids is 1. The van der Waals surface area contributed by atoms with Gasteiger partial charge in [0.2, 0.25) is 0 Å². The molecule has 82 valence electrons. The first-order valence-electron chi connectivity index (χ1n) is 5.29. The molecule has 0 saturated carbocycles. The second kappa shape index (κ2) is 4.96. The van der Waals surface area contributed by atoms with Crippen LogP contribution in [0.15, 0.2) is 18.2 Å². The molecule has 1 rings (SSSR count). The van der Waals surface area contributed by atoms with Crippen molar-refractivity contribution in [2.75, 3.05) is 7.11 Å². The molecule has 0 saturated heterocycles. The van der Waals surface area contributed by atoms with Crippen LogP contribution >= 0.6 is 0 Å². The van der Waals surface area contributed by atoms with Crippen molar-refractivity contribution in [2.24, 2.45) is 0 Å². The van der Waals surface area contributed by atoms with Crippen LogP contribution in [0.3, 0.4) is 0 Å². The van der Waals surface area contributed by atoms with Crippen molar-refractivity contribution in [3.8, 4) is 0 Å². The van der Waals surface area contributed by atoms with E-state index in [-0.39, 0.29) is 5.97 Å². The van der Waals surface area contributed by atoms with Crippen LogP contribution in [0.25, 0.3) is 0 Å². The van der Waals surface area contributed by atoms with Crippen molar-refractivity contribution in [1.82, 2.24) is 0 Å². The number of rotatable bonds is 3. The Hall–Kier alpha value is -1.31. The molecule has 2 heteroatoms. The summed E-state index contributed by atoms with van der Waals surface area (Å²) in [5.41, 5.74) is 2.84. The van der Waals surface area contributed by atoms with Gasteiger partial charge in [0.1, 0.15) is 0 Å². The highest BCUT2D eigenvalue weighted by atomic mass is 16.5. The molecule has 1 atom stereocenters. The van der Waals surface area contributed by atoms with Gasteiger partial charge in [0, 0.05) is 0 Å². The molecule has 0 heterocycles. The molecule has 1 aromatic rings. The molecule has 0 fully saturated rings. The zero-order valence-electron chi connectivity index (χ0n) is 9.83. The van der Waals surface area contributed by atoms with E-state index in [1.54, 1.807) is 0 Å². The van der Waals surface area contributed by atoms with Crippen LogP contribution in [0.1, 0.15) is 47.7 Å². The highest BCUT2D eigenvalue weighted by molar-refractivity contribution is 5.91. The van der Waals surface area contributed by atoms with Crippen LogP contribution in [0.2, 0.25) is 0 Å². The van der Waals surface area contributed by atoms with Gasteiger partial charge in [-0.15, -0.1) is 0 Å². The largest absolute Gasteiger partial charge is 0.465 e. The van der Waals surface area contributed by atoms with Crippen LogP contribution in [0.4, 0.5) is 0 Å². The molecule has 0 N–H and O–H groups in total. The van der Waals surface area contributed by atoms with Crippen molar-refractivity contribution in [2.45, 2.75) is 33.1 Å². The van der Waals surface area contributed by atoms with Crippen LogP contribution < -0.4 is 0 Å². The second-order valence-electron chi connectivity index (χ2n) is 3.88. The lowest BCUT2D eigenvalue weighted by Crippen LogP contribution is -2.05. The summed E-state index contributed by atoms with van der Waals surface area (Å²) in [4.78, 5) is 11.5. The molecule has 2 nitrogen and oxygen atoms in total. The number of hydrogen-bond acceptors (Lipinski definition) is 2. The normalized spacial score (nSPS) is 12.3. The zero-order valence-corrected chi connectivity index (χ0v) is 9.83. The van der Waals surface area contributed by atoms with E-state index in [1.165, 1.54) is 12.7 Å². The van der Waals surface area contributed by atoms with Crippen molar-refractivity contribution >= 4 is 5.97 Å². The van der Waals surface area contributed by atoms with Gasteiger partial charge in [0.15, 0.2) is 0 Å². The molecule has 0 bridgehead atoms. The summed E-state index contributed by atoms with van der Waals surface area (Å²) >= 11 is 0. The highest BCUT2D eigenvalue weighted by Crippen LogP contribution is 2.21. The number of methoxy groups -OCH3 is 1. The summed E-state index contributed by atoms with van der Waals surface area (Å²) in [6, 6.07) is 6.00.